The van der Waals surface area contributed by atoms with E-state index < -0.39 is 20.0 Å². The Kier molecular flexibility index (Phi) is 6.79. The molecule has 1 aliphatic rings. The first-order valence-corrected chi connectivity index (χ1v) is 15.2. The van der Waals surface area contributed by atoms with E-state index in [1.165, 1.54) is 32.9 Å². The third-order valence-corrected chi connectivity index (χ3v) is 11.3. The van der Waals surface area contributed by atoms with Crippen LogP contribution in [0.4, 0.5) is 0 Å². The monoisotopic (exact) mass is 563 g/mol. The molecule has 36 heavy (non-hydrogen) atoms. The van der Waals surface area contributed by atoms with Gasteiger partial charge >= 0.3 is 4.87 Å². The van der Waals surface area contributed by atoms with Crippen LogP contribution in [0.3, 0.4) is 0 Å². The van der Waals surface area contributed by atoms with Crippen LogP contribution < -0.4 is 4.87 Å². The molecule has 3 aromatic carbocycles. The zero-order valence-electron chi connectivity index (χ0n) is 18.9. The van der Waals surface area contributed by atoms with E-state index in [4.69, 9.17) is 11.6 Å². The molecule has 1 aliphatic heterocycles. The number of nitrogens with zero attached hydrogens (tertiary/aromatic N) is 3. The van der Waals surface area contributed by atoms with Crippen molar-refractivity contribution in [2.75, 3.05) is 26.2 Å². The van der Waals surface area contributed by atoms with Crippen molar-refractivity contribution in [2.24, 2.45) is 0 Å². The molecule has 5 rings (SSSR count). The van der Waals surface area contributed by atoms with Crippen molar-refractivity contribution in [3.05, 3.63) is 93.0 Å². The van der Waals surface area contributed by atoms with E-state index in [-0.39, 0.29) is 47.4 Å². The van der Waals surface area contributed by atoms with E-state index in [1.54, 1.807) is 34.9 Å². The second kappa shape index (κ2) is 9.73. The van der Waals surface area contributed by atoms with Crippen LogP contribution in [0.15, 0.2) is 87.4 Å². The molecule has 188 valence electrons. The maximum absolute atomic E-state index is 13.3. The number of hydrogen-bond acceptors (Lipinski definition) is 6. The van der Waals surface area contributed by atoms with Crippen LogP contribution in [-0.2, 0) is 26.6 Å². The highest BCUT2D eigenvalue weighted by molar-refractivity contribution is 7.89. The molecule has 0 unspecified atom stereocenters. The van der Waals surface area contributed by atoms with Gasteiger partial charge in [0.1, 0.15) is 0 Å². The van der Waals surface area contributed by atoms with E-state index in [2.05, 4.69) is 0 Å². The van der Waals surface area contributed by atoms with Gasteiger partial charge in [0.2, 0.25) is 20.0 Å². The summed E-state index contributed by atoms with van der Waals surface area (Å²) in [6.07, 6.45) is 0. The van der Waals surface area contributed by atoms with Crippen LogP contribution in [0.5, 0.6) is 0 Å². The largest absolute Gasteiger partial charge is 0.308 e. The highest BCUT2D eigenvalue weighted by Gasteiger charge is 2.34. The van der Waals surface area contributed by atoms with Gasteiger partial charge in [-0.05, 0) is 42.0 Å². The van der Waals surface area contributed by atoms with E-state index in [0.717, 1.165) is 16.9 Å². The van der Waals surface area contributed by atoms with Crippen LogP contribution in [0, 0.1) is 0 Å². The van der Waals surface area contributed by atoms with Crippen LogP contribution in [0.2, 0.25) is 5.02 Å². The standard InChI is InChI=1S/C24H22ClN3O5S3/c25-21-9-5-4-6-18(21)17-28-22-11-10-20(16-23(22)34-24(28)29)36(32,33)27-14-12-26(13-15-27)35(30,31)19-7-2-1-3-8-19/h1-11,16H,12-15,17H2. The minimum Gasteiger partial charge on any atom is -0.294 e. The molecule has 8 nitrogen and oxygen atoms in total. The molecule has 0 spiro atoms. The zero-order chi connectivity index (χ0) is 25.5. The molecule has 4 aromatic rings. The van der Waals surface area contributed by atoms with Crippen LogP contribution in [-0.4, -0.2) is 56.2 Å². The Bertz CT molecular complexity index is 1690. The summed E-state index contributed by atoms with van der Waals surface area (Å²) in [4.78, 5) is 12.7. The summed E-state index contributed by atoms with van der Waals surface area (Å²) in [7, 11) is -7.56. The highest BCUT2D eigenvalue weighted by Crippen LogP contribution is 2.27. The molecule has 0 atom stereocenters. The summed E-state index contributed by atoms with van der Waals surface area (Å²) in [6.45, 7) is 0.468. The summed E-state index contributed by atoms with van der Waals surface area (Å²) in [5.41, 5.74) is 1.42. The number of rotatable bonds is 6. The number of benzene rings is 3. The fourth-order valence-corrected chi connectivity index (χ4v) is 8.29. The first-order valence-electron chi connectivity index (χ1n) is 11.1. The topological polar surface area (TPSA) is 96.8 Å². The molecule has 0 saturated carbocycles. The van der Waals surface area contributed by atoms with Crippen LogP contribution in [0.25, 0.3) is 10.2 Å². The Hall–Kier alpha value is -2.54. The average molecular weight is 564 g/mol. The van der Waals surface area contributed by atoms with Gasteiger partial charge in [-0.15, -0.1) is 0 Å². The summed E-state index contributed by atoms with van der Waals surface area (Å²) < 4.78 is 57.1. The van der Waals surface area contributed by atoms with Gasteiger partial charge in [-0.3, -0.25) is 9.36 Å². The number of aromatic nitrogens is 1. The van der Waals surface area contributed by atoms with Crippen molar-refractivity contribution in [3.8, 4) is 0 Å². The maximum atomic E-state index is 13.3. The molecule has 1 aromatic heterocycles. The SMILES string of the molecule is O=c1sc2cc(S(=O)(=O)N3CCN(S(=O)(=O)c4ccccc4)CC3)ccc2n1Cc1ccccc1Cl. The third kappa shape index (κ3) is 4.62. The van der Waals surface area contributed by atoms with E-state index in [9.17, 15) is 21.6 Å². The van der Waals surface area contributed by atoms with Crippen LogP contribution in [0.1, 0.15) is 5.56 Å². The summed E-state index contributed by atoms with van der Waals surface area (Å²) >= 11 is 7.23. The van der Waals surface area contributed by atoms with Crippen molar-refractivity contribution < 1.29 is 16.8 Å². The highest BCUT2D eigenvalue weighted by atomic mass is 35.5. The molecule has 0 radical (unpaired) electrons. The molecule has 2 heterocycles. The van der Waals surface area contributed by atoms with Gasteiger partial charge < -0.3 is 0 Å². The Morgan fingerprint density at radius 1 is 0.750 bits per heavy atom. The third-order valence-electron chi connectivity index (χ3n) is 6.14. The second-order valence-electron chi connectivity index (χ2n) is 8.30. The fourth-order valence-electron chi connectivity index (χ4n) is 4.19. The molecule has 0 amide bonds. The molecule has 0 bridgehead atoms. The average Bonchev–Trinajstić information content (AvgIpc) is 3.20. The summed E-state index contributed by atoms with van der Waals surface area (Å²) in [5.74, 6) is 0. The quantitative estimate of drug-likeness (QED) is 0.358. The number of thiazole rings is 1. The van der Waals surface area contributed by atoms with E-state index >= 15 is 0 Å². The lowest BCUT2D eigenvalue weighted by Crippen LogP contribution is -2.50. The predicted molar refractivity (Wildman–Crippen MR) is 141 cm³/mol. The lowest BCUT2D eigenvalue weighted by Gasteiger charge is -2.33. The zero-order valence-corrected chi connectivity index (χ0v) is 22.2. The van der Waals surface area contributed by atoms with Gasteiger partial charge in [-0.2, -0.15) is 8.61 Å². The summed E-state index contributed by atoms with van der Waals surface area (Å²) in [5, 5.41) is 0.552. The molecular weight excluding hydrogens is 542 g/mol. The maximum Gasteiger partial charge on any atom is 0.308 e. The Morgan fingerprint density at radius 2 is 1.33 bits per heavy atom. The minimum atomic E-state index is -3.87. The first-order chi connectivity index (χ1) is 17.2. The van der Waals surface area contributed by atoms with Gasteiger partial charge in [0.15, 0.2) is 0 Å². The number of hydrogen-bond donors (Lipinski definition) is 0. The van der Waals surface area contributed by atoms with Crippen molar-refractivity contribution >= 4 is 53.2 Å². The Morgan fingerprint density at radius 3 is 1.97 bits per heavy atom. The Balaban J connectivity index is 1.37. The van der Waals surface area contributed by atoms with Gasteiger partial charge in [0.05, 0.1) is 26.6 Å². The van der Waals surface area contributed by atoms with Crippen molar-refractivity contribution in [1.82, 2.24) is 13.2 Å². The van der Waals surface area contributed by atoms with Gasteiger partial charge in [-0.1, -0.05) is 59.3 Å². The lowest BCUT2D eigenvalue weighted by molar-refractivity contribution is 0.273. The van der Waals surface area contributed by atoms with E-state index in [0.29, 0.717) is 15.2 Å². The van der Waals surface area contributed by atoms with Gasteiger partial charge in [0.25, 0.3) is 0 Å². The van der Waals surface area contributed by atoms with Crippen LogP contribution >= 0.6 is 22.9 Å². The molecule has 1 saturated heterocycles. The molecule has 12 heteroatoms. The Labute approximate surface area is 218 Å². The van der Waals surface area contributed by atoms with E-state index in [1.807, 2.05) is 18.2 Å². The number of halogens is 1. The fraction of sp³-hybridized carbons (Fsp3) is 0.208. The van der Waals surface area contributed by atoms with Gasteiger partial charge in [-0.25, -0.2) is 16.8 Å². The predicted octanol–water partition coefficient (Wildman–Crippen LogP) is 3.46. The summed E-state index contributed by atoms with van der Waals surface area (Å²) in [6, 6.07) is 20.0. The second-order valence-corrected chi connectivity index (χ2v) is 13.6. The minimum absolute atomic E-state index is 0.0379. The van der Waals surface area contributed by atoms with Gasteiger partial charge in [0, 0.05) is 31.2 Å². The number of sulfonamides is 2. The molecular formula is C24H22ClN3O5S3. The van der Waals surface area contributed by atoms with Crippen molar-refractivity contribution in [1.29, 1.82) is 0 Å². The number of piperazine rings is 1. The van der Waals surface area contributed by atoms with Crippen molar-refractivity contribution in [3.63, 3.8) is 0 Å². The van der Waals surface area contributed by atoms with Crippen molar-refractivity contribution in [2.45, 2.75) is 16.3 Å². The first kappa shape index (κ1) is 25.1. The molecule has 1 fully saturated rings. The normalized spacial score (nSPS) is 15.9. The molecule has 0 aliphatic carbocycles. The number of fused-ring (bicyclic) bond motifs is 1. The smallest absolute Gasteiger partial charge is 0.294 e. The molecule has 0 N–H and O–H groups in total. The lowest BCUT2D eigenvalue weighted by atomic mass is 10.2.